The molecule has 27 heavy (non-hydrogen) atoms. The van der Waals surface area contributed by atoms with E-state index in [0.717, 1.165) is 34.4 Å². The Morgan fingerprint density at radius 1 is 1.00 bits per heavy atom. The molecule has 2 aliphatic heterocycles. The van der Waals surface area contributed by atoms with Crippen LogP contribution in [0.25, 0.3) is 10.9 Å². The van der Waals surface area contributed by atoms with Crippen molar-refractivity contribution in [3.05, 3.63) is 66.2 Å². The van der Waals surface area contributed by atoms with Crippen molar-refractivity contribution in [3.8, 4) is 0 Å². The van der Waals surface area contributed by atoms with Crippen LogP contribution in [0.3, 0.4) is 0 Å². The summed E-state index contributed by atoms with van der Waals surface area (Å²) in [6, 6.07) is 20.4. The first-order valence-corrected chi connectivity index (χ1v) is 9.27. The summed E-state index contributed by atoms with van der Waals surface area (Å²) in [4.78, 5) is 17.0. The van der Waals surface area contributed by atoms with Gasteiger partial charge in [0.15, 0.2) is 0 Å². The third kappa shape index (κ3) is 3.03. The van der Waals surface area contributed by atoms with Gasteiger partial charge in [0.1, 0.15) is 5.82 Å². The van der Waals surface area contributed by atoms with Crippen molar-refractivity contribution in [1.29, 1.82) is 0 Å². The number of pyridine rings is 1. The van der Waals surface area contributed by atoms with Crippen molar-refractivity contribution < 1.29 is 4.79 Å². The van der Waals surface area contributed by atoms with Crippen LogP contribution in [0.4, 0.5) is 11.5 Å². The Morgan fingerprint density at radius 3 is 2.74 bits per heavy atom. The molecule has 0 radical (unpaired) electrons. The van der Waals surface area contributed by atoms with E-state index in [2.05, 4.69) is 45.5 Å². The molecule has 3 aromatic rings. The molecule has 2 fully saturated rings. The molecule has 3 heterocycles. The molecule has 1 amide bonds. The highest BCUT2D eigenvalue weighted by atomic mass is 16.2. The van der Waals surface area contributed by atoms with Gasteiger partial charge < -0.3 is 10.6 Å². The third-order valence-corrected chi connectivity index (χ3v) is 5.37. The minimum absolute atomic E-state index is 0.0182. The van der Waals surface area contributed by atoms with Gasteiger partial charge in [0, 0.05) is 17.1 Å². The lowest BCUT2D eigenvalue weighted by atomic mass is 9.96. The number of rotatable bonds is 3. The lowest BCUT2D eigenvalue weighted by molar-refractivity contribution is -0.127. The molecule has 3 unspecified atom stereocenters. The Morgan fingerprint density at radius 2 is 1.89 bits per heavy atom. The summed E-state index contributed by atoms with van der Waals surface area (Å²) in [5.41, 5.74) is 3.11. The number of hydrogen-bond donors (Lipinski definition) is 4. The van der Waals surface area contributed by atoms with Crippen LogP contribution >= 0.6 is 0 Å². The van der Waals surface area contributed by atoms with Gasteiger partial charge in [0.2, 0.25) is 5.91 Å². The summed E-state index contributed by atoms with van der Waals surface area (Å²) < 4.78 is 0. The zero-order valence-corrected chi connectivity index (χ0v) is 14.8. The molecule has 6 heteroatoms. The average Bonchev–Trinajstić information content (AvgIpc) is 3.14. The van der Waals surface area contributed by atoms with Crippen LogP contribution in [-0.4, -0.2) is 23.7 Å². The SMILES string of the molecule is O=C1NCNC2NC(c3cccc4ccc(Nc5ccccc5)nc34)CC12. The van der Waals surface area contributed by atoms with Gasteiger partial charge in [-0.2, -0.15) is 0 Å². The maximum Gasteiger partial charge on any atom is 0.227 e. The molecule has 0 spiro atoms. The Kier molecular flexibility index (Phi) is 3.99. The van der Waals surface area contributed by atoms with Gasteiger partial charge in [-0.1, -0.05) is 36.4 Å². The summed E-state index contributed by atoms with van der Waals surface area (Å²) in [6.07, 6.45) is 0.783. The molecule has 3 atom stereocenters. The number of para-hydroxylation sites is 2. The molecule has 5 rings (SSSR count). The van der Waals surface area contributed by atoms with Gasteiger partial charge in [0.05, 0.1) is 24.3 Å². The highest BCUT2D eigenvalue weighted by Crippen LogP contribution is 2.35. The minimum Gasteiger partial charge on any atom is -0.343 e. The summed E-state index contributed by atoms with van der Waals surface area (Å²) in [5.74, 6) is 0.880. The van der Waals surface area contributed by atoms with Gasteiger partial charge in [-0.05, 0) is 36.2 Å². The number of fused-ring (bicyclic) bond motifs is 2. The van der Waals surface area contributed by atoms with E-state index in [0.29, 0.717) is 6.67 Å². The largest absolute Gasteiger partial charge is 0.343 e. The fourth-order valence-corrected chi connectivity index (χ4v) is 4.04. The highest BCUT2D eigenvalue weighted by Gasteiger charge is 2.41. The Labute approximate surface area is 157 Å². The topological polar surface area (TPSA) is 78.1 Å². The molecule has 136 valence electrons. The van der Waals surface area contributed by atoms with E-state index in [-0.39, 0.29) is 24.0 Å². The number of nitrogens with one attached hydrogen (secondary N) is 4. The number of aromatic nitrogens is 1. The van der Waals surface area contributed by atoms with Crippen LogP contribution in [-0.2, 0) is 4.79 Å². The first kappa shape index (κ1) is 16.2. The Hall–Kier alpha value is -2.96. The van der Waals surface area contributed by atoms with E-state index in [1.165, 1.54) is 0 Å². The zero-order valence-electron chi connectivity index (χ0n) is 14.8. The third-order valence-electron chi connectivity index (χ3n) is 5.37. The normalized spacial score (nSPS) is 24.4. The first-order valence-electron chi connectivity index (χ1n) is 9.27. The minimum atomic E-state index is -0.0513. The van der Waals surface area contributed by atoms with Crippen molar-refractivity contribution in [2.75, 3.05) is 12.0 Å². The second-order valence-corrected chi connectivity index (χ2v) is 7.07. The van der Waals surface area contributed by atoms with Crippen LogP contribution in [0, 0.1) is 5.92 Å². The first-order chi connectivity index (χ1) is 13.3. The van der Waals surface area contributed by atoms with E-state index in [1.54, 1.807) is 0 Å². The molecule has 6 nitrogen and oxygen atoms in total. The van der Waals surface area contributed by atoms with Crippen LogP contribution in [0.15, 0.2) is 60.7 Å². The quantitative estimate of drug-likeness (QED) is 0.578. The summed E-state index contributed by atoms with van der Waals surface area (Å²) in [5, 5.41) is 14.2. The predicted octanol–water partition coefficient (Wildman–Crippen LogP) is 2.63. The lowest BCUT2D eigenvalue weighted by Crippen LogP contribution is -2.56. The highest BCUT2D eigenvalue weighted by molar-refractivity contribution is 5.85. The van der Waals surface area contributed by atoms with Gasteiger partial charge >= 0.3 is 0 Å². The van der Waals surface area contributed by atoms with Crippen molar-refractivity contribution in [2.24, 2.45) is 5.92 Å². The Balaban J connectivity index is 1.49. The molecule has 2 aromatic carbocycles. The number of anilines is 2. The van der Waals surface area contributed by atoms with Crippen LogP contribution < -0.4 is 21.3 Å². The molecular weight excluding hydrogens is 338 g/mol. The van der Waals surface area contributed by atoms with Crippen LogP contribution in [0.1, 0.15) is 18.0 Å². The number of hydrogen-bond acceptors (Lipinski definition) is 5. The van der Waals surface area contributed by atoms with Crippen molar-refractivity contribution in [1.82, 2.24) is 20.9 Å². The van der Waals surface area contributed by atoms with Crippen LogP contribution in [0.5, 0.6) is 0 Å². The fraction of sp³-hybridized carbons (Fsp3) is 0.238. The maximum absolute atomic E-state index is 12.2. The van der Waals surface area contributed by atoms with Gasteiger partial charge in [-0.15, -0.1) is 0 Å². The Bertz CT molecular complexity index is 990. The van der Waals surface area contributed by atoms with E-state index < -0.39 is 0 Å². The molecule has 0 bridgehead atoms. The van der Waals surface area contributed by atoms with Gasteiger partial charge in [0.25, 0.3) is 0 Å². The fourth-order valence-electron chi connectivity index (χ4n) is 4.04. The monoisotopic (exact) mass is 359 g/mol. The molecule has 1 aromatic heterocycles. The molecule has 2 saturated heterocycles. The average molecular weight is 359 g/mol. The number of benzene rings is 2. The van der Waals surface area contributed by atoms with E-state index in [4.69, 9.17) is 4.98 Å². The van der Waals surface area contributed by atoms with Gasteiger partial charge in [-0.3, -0.25) is 15.4 Å². The second kappa shape index (κ2) is 6.64. The summed E-state index contributed by atoms with van der Waals surface area (Å²) in [7, 11) is 0. The standard InChI is InChI=1S/C21H21N5O/c27-21-16-11-17(25-20(16)22-12-23-21)15-8-4-5-13-9-10-18(26-19(13)15)24-14-6-2-1-3-7-14/h1-10,16-17,20,22,25H,11-12H2,(H,23,27)(H,24,26). The zero-order chi connectivity index (χ0) is 18.2. The lowest BCUT2D eigenvalue weighted by Gasteiger charge is -2.26. The van der Waals surface area contributed by atoms with E-state index in [9.17, 15) is 4.79 Å². The molecule has 2 aliphatic rings. The van der Waals surface area contributed by atoms with Crippen molar-refractivity contribution >= 4 is 28.3 Å². The predicted molar refractivity (Wildman–Crippen MR) is 105 cm³/mol. The maximum atomic E-state index is 12.2. The van der Waals surface area contributed by atoms with E-state index >= 15 is 0 Å². The summed E-state index contributed by atoms with van der Waals surface area (Å²) >= 11 is 0. The number of nitrogens with zero attached hydrogens (tertiary/aromatic N) is 1. The molecular formula is C21H21N5O. The van der Waals surface area contributed by atoms with Gasteiger partial charge in [-0.25, -0.2) is 4.98 Å². The van der Waals surface area contributed by atoms with Crippen molar-refractivity contribution in [2.45, 2.75) is 18.6 Å². The smallest absolute Gasteiger partial charge is 0.227 e. The molecule has 4 N–H and O–H groups in total. The van der Waals surface area contributed by atoms with Crippen LogP contribution in [0.2, 0.25) is 0 Å². The second-order valence-electron chi connectivity index (χ2n) is 7.07. The summed E-state index contributed by atoms with van der Waals surface area (Å²) in [6.45, 7) is 0.513. The van der Waals surface area contributed by atoms with E-state index in [1.807, 2.05) is 36.4 Å². The number of carbonyl (C=O) groups is 1. The molecule has 0 saturated carbocycles. The molecule has 0 aliphatic carbocycles. The number of carbonyl (C=O) groups excluding carboxylic acids is 1. The number of amides is 1. The van der Waals surface area contributed by atoms with Crippen molar-refractivity contribution in [3.63, 3.8) is 0 Å².